The molecule has 7 heteroatoms. The minimum absolute atomic E-state index is 0.0847. The number of ether oxygens (including phenoxy) is 1. The van der Waals surface area contributed by atoms with E-state index in [4.69, 9.17) is 25.5 Å². The first-order valence-electron chi connectivity index (χ1n) is 3.30. The molecule has 0 heterocycles. The summed E-state index contributed by atoms with van der Waals surface area (Å²) in [6.45, 7) is 3.26. The molecule has 7 nitrogen and oxygen atoms in total. The third-order valence-electron chi connectivity index (χ3n) is 0.594. The summed E-state index contributed by atoms with van der Waals surface area (Å²) in [7, 11) is 0. The molecule has 0 bridgehead atoms. The lowest BCUT2D eigenvalue weighted by molar-refractivity contribution is -0.136. The van der Waals surface area contributed by atoms with Crippen LogP contribution >= 0.6 is 0 Å². The van der Waals surface area contributed by atoms with Crippen molar-refractivity contribution in [1.82, 2.24) is 0 Å². The summed E-state index contributed by atoms with van der Waals surface area (Å²) in [5.41, 5.74) is 0. The van der Waals surface area contributed by atoms with E-state index in [2.05, 4.69) is 11.3 Å². The number of rotatable bonds is 3. The van der Waals surface area contributed by atoms with Crippen LogP contribution in [0.5, 0.6) is 0 Å². The summed E-state index contributed by atoms with van der Waals surface area (Å²) < 4.78 is 4.43. The van der Waals surface area contributed by atoms with Crippen LogP contribution in [0.1, 0.15) is 0 Å². The van der Waals surface area contributed by atoms with Crippen LogP contribution in [0.25, 0.3) is 0 Å². The van der Waals surface area contributed by atoms with Gasteiger partial charge in [0.05, 0.1) is 6.26 Å². The number of carbonyl (C=O) groups is 1. The van der Waals surface area contributed by atoms with Crippen molar-refractivity contribution in [3.8, 4) is 0 Å². The van der Waals surface area contributed by atoms with Crippen LogP contribution in [0.15, 0.2) is 25.0 Å². The van der Waals surface area contributed by atoms with E-state index in [1.54, 1.807) is 0 Å². The zero-order chi connectivity index (χ0) is 12.5. The normalized spacial score (nSPS) is 6.67. The first kappa shape index (κ1) is 18.3. The van der Waals surface area contributed by atoms with Gasteiger partial charge in [-0.15, -0.1) is 0 Å². The molecule has 0 rings (SSSR count). The average Bonchev–Trinajstić information content (AvgIpc) is 2.20. The molecule has 0 aromatic heterocycles. The summed E-state index contributed by atoms with van der Waals surface area (Å²) in [4.78, 5) is 26.9. The Morgan fingerprint density at radius 2 is 1.80 bits per heavy atom. The summed E-state index contributed by atoms with van der Waals surface area (Å²) >= 11 is 0. The van der Waals surface area contributed by atoms with E-state index in [0.717, 1.165) is 24.5 Å². The van der Waals surface area contributed by atoms with Crippen molar-refractivity contribution in [3.05, 3.63) is 25.0 Å². The molecule has 0 saturated carbocycles. The molecule has 0 fully saturated rings. The van der Waals surface area contributed by atoms with E-state index in [1.165, 1.54) is 6.08 Å². The largest absolute Gasteiger partial charge is 0.516 e. The van der Waals surface area contributed by atoms with Gasteiger partial charge in [0.25, 0.3) is 0 Å². The third kappa shape index (κ3) is 51.2. The molecule has 0 aromatic rings. The van der Waals surface area contributed by atoms with Crippen LogP contribution in [0, 0.1) is 10.8 Å². The Kier molecular flexibility index (Phi) is 27.5. The molecule has 0 aliphatic carbocycles. The first-order chi connectivity index (χ1) is 7.14. The van der Waals surface area contributed by atoms with Gasteiger partial charge in [0.2, 0.25) is 12.2 Å². The Labute approximate surface area is 85.7 Å². The predicted molar refractivity (Wildman–Crippen MR) is 49.8 cm³/mol. The lowest BCUT2D eigenvalue weighted by Crippen LogP contribution is -1.98. The Morgan fingerprint density at radius 3 is 2.07 bits per heavy atom. The fourth-order valence-electron chi connectivity index (χ4n) is 0.232. The van der Waals surface area contributed by atoms with Gasteiger partial charge in [-0.3, -0.25) is 0 Å². The SMILES string of the molecule is C=CC(=O)OCC=CO.N=C=O.N=C=O. The smallest absolute Gasteiger partial charge is 0.330 e. The second kappa shape index (κ2) is 22.5. The topological polar surface area (TPSA) is 128 Å². The van der Waals surface area contributed by atoms with Crippen molar-refractivity contribution in [3.63, 3.8) is 0 Å². The number of hydrogen-bond donors (Lipinski definition) is 3. The number of carbonyl (C=O) groups excluding carboxylic acids is 3. The van der Waals surface area contributed by atoms with Crippen LogP contribution in [-0.2, 0) is 19.1 Å². The van der Waals surface area contributed by atoms with Gasteiger partial charge in [0.1, 0.15) is 6.61 Å². The molecule has 0 atom stereocenters. The monoisotopic (exact) mass is 214 g/mol. The molecule has 0 aliphatic heterocycles. The number of isocyanates is 2. The lowest BCUT2D eigenvalue weighted by atomic mass is 10.6. The number of esters is 1. The molecule has 3 N–H and O–H groups in total. The van der Waals surface area contributed by atoms with Crippen molar-refractivity contribution in [1.29, 1.82) is 10.8 Å². The molecule has 82 valence electrons. The van der Waals surface area contributed by atoms with Crippen molar-refractivity contribution in [2.24, 2.45) is 0 Å². The van der Waals surface area contributed by atoms with Crippen LogP contribution in [-0.4, -0.2) is 29.8 Å². The minimum Gasteiger partial charge on any atom is -0.516 e. The van der Waals surface area contributed by atoms with Gasteiger partial charge in [-0.25, -0.2) is 25.2 Å². The van der Waals surface area contributed by atoms with Crippen LogP contribution in [0.4, 0.5) is 0 Å². The molecule has 0 saturated heterocycles. The van der Waals surface area contributed by atoms with E-state index in [9.17, 15) is 4.79 Å². The van der Waals surface area contributed by atoms with Crippen molar-refractivity contribution in [2.45, 2.75) is 0 Å². The lowest BCUT2D eigenvalue weighted by Gasteiger charge is -1.92. The van der Waals surface area contributed by atoms with E-state index >= 15 is 0 Å². The molecule has 0 aliphatic rings. The predicted octanol–water partition coefficient (Wildman–Crippen LogP) is 0.589. The van der Waals surface area contributed by atoms with Crippen LogP contribution in [0.3, 0.4) is 0 Å². The number of nitrogens with one attached hydrogen (secondary N) is 2. The highest BCUT2D eigenvalue weighted by atomic mass is 16.5. The van der Waals surface area contributed by atoms with E-state index < -0.39 is 5.97 Å². The molecule has 0 unspecified atom stereocenters. The highest BCUT2D eigenvalue weighted by Gasteiger charge is 1.88. The average molecular weight is 214 g/mol. The zero-order valence-electron chi connectivity index (χ0n) is 7.73. The fourth-order valence-corrected chi connectivity index (χ4v) is 0.232. The van der Waals surface area contributed by atoms with E-state index in [1.807, 2.05) is 0 Å². The maximum absolute atomic E-state index is 10.2. The van der Waals surface area contributed by atoms with Crippen LogP contribution < -0.4 is 0 Å². The molecule has 0 spiro atoms. The minimum atomic E-state index is -0.492. The number of aliphatic hydroxyl groups is 1. The van der Waals surface area contributed by atoms with Gasteiger partial charge in [0, 0.05) is 6.08 Å². The third-order valence-corrected chi connectivity index (χ3v) is 0.594. The standard InChI is InChI=1S/C6H8O3.2CHNO/c1-2-6(8)9-5-3-4-7;2*2-1-3/h2-4,7H,1,5H2;2*2H. The molecular formula is C8H10N2O5. The van der Waals surface area contributed by atoms with Gasteiger partial charge in [0.15, 0.2) is 0 Å². The highest BCUT2D eigenvalue weighted by Crippen LogP contribution is 1.78. The quantitative estimate of drug-likeness (QED) is 0.208. The summed E-state index contributed by atoms with van der Waals surface area (Å²) in [6.07, 6.45) is 4.68. The van der Waals surface area contributed by atoms with Gasteiger partial charge >= 0.3 is 5.97 Å². The van der Waals surface area contributed by atoms with Gasteiger partial charge < -0.3 is 9.84 Å². The number of hydrogen-bond acceptors (Lipinski definition) is 7. The molecule has 0 radical (unpaired) electrons. The summed E-state index contributed by atoms with van der Waals surface area (Å²) in [5.74, 6) is -0.492. The zero-order valence-corrected chi connectivity index (χ0v) is 7.73. The second-order valence-electron chi connectivity index (χ2n) is 1.42. The number of aliphatic hydroxyl groups excluding tert-OH is 1. The summed E-state index contributed by atoms with van der Waals surface area (Å²) in [5, 5.41) is 18.9. The Balaban J connectivity index is -0.000000200. The highest BCUT2D eigenvalue weighted by molar-refractivity contribution is 5.81. The maximum atomic E-state index is 10.2. The molecule has 0 aromatic carbocycles. The van der Waals surface area contributed by atoms with Crippen LogP contribution in [0.2, 0.25) is 0 Å². The molecule has 0 amide bonds. The molecular weight excluding hydrogens is 204 g/mol. The maximum Gasteiger partial charge on any atom is 0.330 e. The van der Waals surface area contributed by atoms with Gasteiger partial charge in [-0.2, -0.15) is 0 Å². The second-order valence-corrected chi connectivity index (χ2v) is 1.42. The van der Waals surface area contributed by atoms with Crippen molar-refractivity contribution in [2.75, 3.05) is 6.61 Å². The fraction of sp³-hybridized carbons (Fsp3) is 0.125. The van der Waals surface area contributed by atoms with Gasteiger partial charge in [-0.1, -0.05) is 6.58 Å². The van der Waals surface area contributed by atoms with Crippen molar-refractivity contribution >= 4 is 18.1 Å². The Hall–Kier alpha value is -2.49. The Bertz CT molecular complexity index is 248. The van der Waals surface area contributed by atoms with E-state index in [0.29, 0.717) is 0 Å². The van der Waals surface area contributed by atoms with Gasteiger partial charge in [-0.05, 0) is 6.08 Å². The Morgan fingerprint density at radius 1 is 1.40 bits per heavy atom. The first-order valence-corrected chi connectivity index (χ1v) is 3.30. The van der Waals surface area contributed by atoms with E-state index in [-0.39, 0.29) is 6.61 Å². The summed E-state index contributed by atoms with van der Waals surface area (Å²) in [6, 6.07) is 0. The molecule has 15 heavy (non-hydrogen) atoms. The van der Waals surface area contributed by atoms with Crippen molar-refractivity contribution < 1.29 is 24.2 Å².